The second-order valence-electron chi connectivity index (χ2n) is 6.82. The van der Waals surface area contributed by atoms with Gasteiger partial charge < -0.3 is 25.2 Å². The molecule has 0 aliphatic carbocycles. The van der Waals surface area contributed by atoms with Crippen LogP contribution in [-0.4, -0.2) is 49.5 Å². The summed E-state index contributed by atoms with van der Waals surface area (Å²) < 4.78 is 11.3. The molecule has 0 aromatic heterocycles. The number of hydrogen-bond acceptors (Lipinski definition) is 4. The lowest BCUT2D eigenvalue weighted by Gasteiger charge is -2.15. The molecule has 1 heterocycles. The van der Waals surface area contributed by atoms with Crippen molar-refractivity contribution in [3.8, 4) is 5.75 Å². The zero-order chi connectivity index (χ0) is 18.8. The van der Waals surface area contributed by atoms with Crippen molar-refractivity contribution in [2.75, 3.05) is 26.2 Å². The average Bonchev–Trinajstić information content (AvgIpc) is 3.13. The molecule has 6 nitrogen and oxygen atoms in total. The van der Waals surface area contributed by atoms with Gasteiger partial charge in [-0.25, -0.2) is 0 Å². The lowest BCUT2D eigenvalue weighted by Crippen LogP contribution is -2.38. The lowest BCUT2D eigenvalue weighted by atomic mass is 10.1. The Kier molecular flexibility index (Phi) is 8.71. The fourth-order valence-electron chi connectivity index (χ4n) is 2.89. The highest BCUT2D eigenvalue weighted by molar-refractivity contribution is 5.79. The number of aliphatic imine (C=N–C) groups is 1. The number of ether oxygens (including phenoxy) is 2. The van der Waals surface area contributed by atoms with E-state index >= 15 is 0 Å². The average molecular weight is 364 g/mol. The van der Waals surface area contributed by atoms with Crippen LogP contribution >= 0.6 is 0 Å². The van der Waals surface area contributed by atoms with Crippen LogP contribution < -0.4 is 15.4 Å². The molecule has 0 spiro atoms. The quantitative estimate of drug-likeness (QED) is 0.464. The van der Waals surface area contributed by atoms with Crippen LogP contribution in [0.2, 0.25) is 0 Å². The largest absolute Gasteiger partial charge is 0.491 e. The van der Waals surface area contributed by atoms with Crippen molar-refractivity contribution in [3.05, 3.63) is 29.8 Å². The maximum absolute atomic E-state index is 10.4. The van der Waals surface area contributed by atoms with Crippen LogP contribution in [0.15, 0.2) is 29.3 Å². The SMILES string of the molecule is CCNC(=NCC(O)c1ccc(OC(C)C)cc1)NCCC1CCCO1. The van der Waals surface area contributed by atoms with Gasteiger partial charge in [-0.05, 0) is 57.7 Å². The van der Waals surface area contributed by atoms with Gasteiger partial charge in [-0.3, -0.25) is 4.99 Å². The van der Waals surface area contributed by atoms with Crippen LogP contribution in [0.1, 0.15) is 51.7 Å². The molecule has 1 saturated heterocycles. The first-order chi connectivity index (χ1) is 12.6. The van der Waals surface area contributed by atoms with Crippen molar-refractivity contribution >= 4 is 5.96 Å². The number of benzene rings is 1. The molecular weight excluding hydrogens is 330 g/mol. The van der Waals surface area contributed by atoms with Crippen molar-refractivity contribution in [2.24, 2.45) is 4.99 Å². The first kappa shape index (κ1) is 20.5. The molecule has 0 radical (unpaired) electrons. The van der Waals surface area contributed by atoms with E-state index in [0.29, 0.717) is 12.6 Å². The molecular formula is C20H33N3O3. The molecule has 0 bridgehead atoms. The molecule has 3 N–H and O–H groups in total. The van der Waals surface area contributed by atoms with Crippen molar-refractivity contribution < 1.29 is 14.6 Å². The summed E-state index contributed by atoms with van der Waals surface area (Å²) in [4.78, 5) is 4.50. The van der Waals surface area contributed by atoms with Crippen molar-refractivity contribution in [1.82, 2.24) is 10.6 Å². The van der Waals surface area contributed by atoms with E-state index in [1.165, 1.54) is 0 Å². The third-order valence-electron chi connectivity index (χ3n) is 4.19. The van der Waals surface area contributed by atoms with E-state index in [-0.39, 0.29) is 6.10 Å². The summed E-state index contributed by atoms with van der Waals surface area (Å²) in [5.74, 6) is 1.54. The van der Waals surface area contributed by atoms with Crippen LogP contribution in [0.25, 0.3) is 0 Å². The molecule has 1 aromatic carbocycles. The van der Waals surface area contributed by atoms with E-state index in [4.69, 9.17) is 9.47 Å². The van der Waals surface area contributed by atoms with E-state index in [0.717, 1.165) is 56.2 Å². The van der Waals surface area contributed by atoms with Crippen LogP contribution in [0.4, 0.5) is 0 Å². The predicted octanol–water partition coefficient (Wildman–Crippen LogP) is 2.63. The molecule has 1 aliphatic rings. The summed E-state index contributed by atoms with van der Waals surface area (Å²) in [6.45, 7) is 8.79. The predicted molar refractivity (Wildman–Crippen MR) is 105 cm³/mol. The summed E-state index contributed by atoms with van der Waals surface area (Å²) in [5, 5.41) is 16.9. The van der Waals surface area contributed by atoms with Gasteiger partial charge in [0.2, 0.25) is 0 Å². The number of nitrogens with zero attached hydrogens (tertiary/aromatic N) is 1. The number of nitrogens with one attached hydrogen (secondary N) is 2. The van der Waals surface area contributed by atoms with Gasteiger partial charge in [0.25, 0.3) is 0 Å². The highest BCUT2D eigenvalue weighted by Crippen LogP contribution is 2.19. The maximum atomic E-state index is 10.4. The second kappa shape index (κ2) is 11.0. The van der Waals surface area contributed by atoms with E-state index in [1.54, 1.807) is 0 Å². The van der Waals surface area contributed by atoms with Crippen molar-refractivity contribution in [2.45, 2.75) is 58.3 Å². The molecule has 26 heavy (non-hydrogen) atoms. The van der Waals surface area contributed by atoms with Gasteiger partial charge in [0.05, 0.1) is 24.9 Å². The van der Waals surface area contributed by atoms with Crippen LogP contribution in [0, 0.1) is 0 Å². The summed E-state index contributed by atoms with van der Waals surface area (Å²) in [6, 6.07) is 7.53. The van der Waals surface area contributed by atoms with E-state index in [9.17, 15) is 5.11 Å². The second-order valence-corrected chi connectivity index (χ2v) is 6.82. The third kappa shape index (κ3) is 7.22. The minimum atomic E-state index is -0.642. The molecule has 2 rings (SSSR count). The van der Waals surface area contributed by atoms with Crippen LogP contribution in [-0.2, 0) is 4.74 Å². The molecule has 2 atom stereocenters. The van der Waals surface area contributed by atoms with Gasteiger partial charge in [0, 0.05) is 19.7 Å². The smallest absolute Gasteiger partial charge is 0.191 e. The van der Waals surface area contributed by atoms with Crippen molar-refractivity contribution in [3.63, 3.8) is 0 Å². The summed E-state index contributed by atoms with van der Waals surface area (Å²) in [7, 11) is 0. The topological polar surface area (TPSA) is 75.1 Å². The maximum Gasteiger partial charge on any atom is 0.191 e. The highest BCUT2D eigenvalue weighted by atomic mass is 16.5. The van der Waals surface area contributed by atoms with E-state index in [2.05, 4.69) is 15.6 Å². The molecule has 146 valence electrons. The Labute approximate surface area is 157 Å². The normalized spacial score (nSPS) is 18.8. The molecule has 0 saturated carbocycles. The lowest BCUT2D eigenvalue weighted by molar-refractivity contribution is 0.105. The standard InChI is InChI=1S/C20H33N3O3/c1-4-21-20(22-12-11-17-6-5-13-25-17)23-14-19(24)16-7-9-18(10-8-16)26-15(2)3/h7-10,15,17,19,24H,4-6,11-14H2,1-3H3,(H2,21,22,23). The van der Waals surface area contributed by atoms with Crippen LogP contribution in [0.3, 0.4) is 0 Å². The first-order valence-electron chi connectivity index (χ1n) is 9.67. The van der Waals surface area contributed by atoms with Crippen LogP contribution in [0.5, 0.6) is 5.75 Å². The first-order valence-corrected chi connectivity index (χ1v) is 9.67. The van der Waals surface area contributed by atoms with Gasteiger partial charge in [-0.15, -0.1) is 0 Å². The summed E-state index contributed by atoms with van der Waals surface area (Å²) >= 11 is 0. The van der Waals surface area contributed by atoms with Gasteiger partial charge in [0.15, 0.2) is 5.96 Å². The molecule has 2 unspecified atom stereocenters. The molecule has 0 amide bonds. The number of hydrogen-bond donors (Lipinski definition) is 3. The number of rotatable bonds is 9. The summed E-state index contributed by atoms with van der Waals surface area (Å²) in [5.41, 5.74) is 0.833. The Balaban J connectivity index is 1.82. The van der Waals surface area contributed by atoms with Gasteiger partial charge in [-0.2, -0.15) is 0 Å². The molecule has 1 fully saturated rings. The number of aliphatic hydroxyl groups is 1. The van der Waals surface area contributed by atoms with E-state index < -0.39 is 6.10 Å². The number of guanidine groups is 1. The minimum Gasteiger partial charge on any atom is -0.491 e. The molecule has 1 aromatic rings. The Morgan fingerprint density at radius 2 is 2.08 bits per heavy atom. The Bertz CT molecular complexity index is 540. The Morgan fingerprint density at radius 1 is 1.31 bits per heavy atom. The zero-order valence-electron chi connectivity index (χ0n) is 16.2. The van der Waals surface area contributed by atoms with Gasteiger partial charge in [0.1, 0.15) is 5.75 Å². The highest BCUT2D eigenvalue weighted by Gasteiger charge is 2.15. The monoisotopic (exact) mass is 363 g/mol. The third-order valence-corrected chi connectivity index (χ3v) is 4.19. The fourth-order valence-corrected chi connectivity index (χ4v) is 2.89. The summed E-state index contributed by atoms with van der Waals surface area (Å²) in [6.07, 6.45) is 3.14. The minimum absolute atomic E-state index is 0.138. The van der Waals surface area contributed by atoms with Gasteiger partial charge in [-0.1, -0.05) is 12.1 Å². The van der Waals surface area contributed by atoms with Crippen molar-refractivity contribution in [1.29, 1.82) is 0 Å². The number of aliphatic hydroxyl groups excluding tert-OH is 1. The molecule has 1 aliphatic heterocycles. The fraction of sp³-hybridized carbons (Fsp3) is 0.650. The Morgan fingerprint density at radius 3 is 2.69 bits per heavy atom. The zero-order valence-corrected chi connectivity index (χ0v) is 16.2. The van der Waals surface area contributed by atoms with Gasteiger partial charge >= 0.3 is 0 Å². The van der Waals surface area contributed by atoms with E-state index in [1.807, 2.05) is 45.0 Å². The molecule has 6 heteroatoms. The Hall–Kier alpha value is -1.79.